The molecule has 1 heterocycles. The van der Waals surface area contributed by atoms with Crippen LogP contribution >= 0.6 is 0 Å². The van der Waals surface area contributed by atoms with Gasteiger partial charge in [-0.3, -0.25) is 14.5 Å². The normalized spacial score (nSPS) is 14.3. The molecule has 3 aromatic rings. The fraction of sp³-hybridized carbons (Fsp3) is 0.167. The van der Waals surface area contributed by atoms with Crippen LogP contribution in [0.25, 0.3) is 0 Å². The topological polar surface area (TPSA) is 78.9 Å². The van der Waals surface area contributed by atoms with Crippen molar-refractivity contribution in [3.63, 3.8) is 0 Å². The Balaban J connectivity index is 1.58. The number of phenols is 1. The van der Waals surface area contributed by atoms with Gasteiger partial charge in [0, 0.05) is 16.9 Å². The first-order chi connectivity index (χ1) is 14.7. The number of carbonyl (C=O) groups is 2. The fourth-order valence-corrected chi connectivity index (χ4v) is 3.72. The van der Waals surface area contributed by atoms with Crippen LogP contribution in [0.4, 0.5) is 21.5 Å². The van der Waals surface area contributed by atoms with E-state index in [1.807, 2.05) is 38.1 Å². The number of halogens is 1. The maximum absolute atomic E-state index is 13.8. The Morgan fingerprint density at radius 1 is 1.10 bits per heavy atom. The van der Waals surface area contributed by atoms with Crippen LogP contribution in [0.5, 0.6) is 11.5 Å². The van der Waals surface area contributed by atoms with Gasteiger partial charge in [-0.1, -0.05) is 18.2 Å². The predicted molar refractivity (Wildman–Crippen MR) is 116 cm³/mol. The number of aromatic hydroxyl groups is 1. The monoisotopic (exact) mass is 420 g/mol. The Labute approximate surface area is 178 Å². The van der Waals surface area contributed by atoms with Gasteiger partial charge in [0.1, 0.15) is 0 Å². The second-order valence-corrected chi connectivity index (χ2v) is 7.79. The highest BCUT2D eigenvalue weighted by atomic mass is 19.1. The van der Waals surface area contributed by atoms with E-state index in [-0.39, 0.29) is 17.2 Å². The van der Waals surface area contributed by atoms with Crippen LogP contribution < -0.4 is 15.0 Å². The number of rotatable bonds is 4. The van der Waals surface area contributed by atoms with Crippen LogP contribution in [0.15, 0.2) is 60.7 Å². The maximum atomic E-state index is 13.8. The van der Waals surface area contributed by atoms with Crippen molar-refractivity contribution in [1.82, 2.24) is 0 Å². The number of fused-ring (bicyclic) bond motifs is 1. The lowest BCUT2D eigenvalue weighted by atomic mass is 9.86. The Morgan fingerprint density at radius 3 is 2.45 bits per heavy atom. The van der Waals surface area contributed by atoms with E-state index < -0.39 is 22.9 Å². The molecule has 0 aromatic heterocycles. The van der Waals surface area contributed by atoms with Gasteiger partial charge >= 0.3 is 0 Å². The molecule has 0 spiro atoms. The van der Waals surface area contributed by atoms with E-state index in [0.717, 1.165) is 17.3 Å². The van der Waals surface area contributed by atoms with E-state index in [1.54, 1.807) is 29.2 Å². The molecule has 0 unspecified atom stereocenters. The molecule has 0 saturated heterocycles. The van der Waals surface area contributed by atoms with E-state index >= 15 is 0 Å². The van der Waals surface area contributed by atoms with E-state index in [0.29, 0.717) is 11.4 Å². The molecule has 0 bridgehead atoms. The largest absolute Gasteiger partial charge is 0.502 e. The molecule has 0 radical (unpaired) electrons. The summed E-state index contributed by atoms with van der Waals surface area (Å²) in [7, 11) is 1.27. The Hall–Kier alpha value is -3.87. The summed E-state index contributed by atoms with van der Waals surface area (Å²) < 4.78 is 18.7. The molecule has 1 aliphatic rings. The van der Waals surface area contributed by atoms with Gasteiger partial charge in [-0.25, -0.2) is 4.39 Å². The third-order valence-corrected chi connectivity index (χ3v) is 5.45. The van der Waals surface area contributed by atoms with Crippen molar-refractivity contribution < 1.29 is 23.8 Å². The van der Waals surface area contributed by atoms with Crippen LogP contribution in [-0.2, 0) is 10.2 Å². The SMILES string of the molecule is COc1cc(C(=O)Nc2ccc(N3C(=O)C(C)(C)c4ccccc43)cc2)cc(F)c1O. The van der Waals surface area contributed by atoms with Gasteiger partial charge in [0.15, 0.2) is 17.3 Å². The Bertz CT molecular complexity index is 1190. The Kier molecular flexibility index (Phi) is 4.89. The number of anilines is 3. The maximum Gasteiger partial charge on any atom is 0.255 e. The van der Waals surface area contributed by atoms with Crippen molar-refractivity contribution in [2.75, 3.05) is 17.3 Å². The number of hydrogen-bond acceptors (Lipinski definition) is 4. The highest BCUT2D eigenvalue weighted by Crippen LogP contribution is 2.45. The van der Waals surface area contributed by atoms with Gasteiger partial charge in [-0.15, -0.1) is 0 Å². The standard InChI is InChI=1S/C24H21FN2O4/c1-24(2)17-6-4-5-7-19(17)27(23(24)30)16-10-8-15(9-11-16)26-22(29)14-12-18(25)21(28)20(13-14)31-3/h4-13,28H,1-3H3,(H,26,29). The molecular weight excluding hydrogens is 399 g/mol. The van der Waals surface area contributed by atoms with Crippen LogP contribution in [-0.4, -0.2) is 24.0 Å². The number of para-hydroxylation sites is 1. The predicted octanol–water partition coefficient (Wildman–Crippen LogP) is 4.75. The fourth-order valence-electron chi connectivity index (χ4n) is 3.72. The summed E-state index contributed by atoms with van der Waals surface area (Å²) in [5, 5.41) is 12.3. The summed E-state index contributed by atoms with van der Waals surface area (Å²) in [6.45, 7) is 3.79. The number of nitrogens with zero attached hydrogens (tertiary/aromatic N) is 1. The minimum Gasteiger partial charge on any atom is -0.502 e. The number of hydrogen-bond donors (Lipinski definition) is 2. The van der Waals surface area contributed by atoms with Crippen LogP contribution in [0.2, 0.25) is 0 Å². The van der Waals surface area contributed by atoms with Gasteiger partial charge in [0.05, 0.1) is 18.2 Å². The molecule has 0 aliphatic carbocycles. The minimum atomic E-state index is -0.950. The van der Waals surface area contributed by atoms with E-state index in [9.17, 15) is 19.1 Å². The molecule has 2 N–H and O–H groups in total. The number of ether oxygens (including phenoxy) is 1. The zero-order valence-corrected chi connectivity index (χ0v) is 17.3. The second kappa shape index (κ2) is 7.43. The van der Waals surface area contributed by atoms with Crippen LogP contribution in [0.3, 0.4) is 0 Å². The van der Waals surface area contributed by atoms with E-state index in [2.05, 4.69) is 5.32 Å². The molecule has 3 aromatic carbocycles. The zero-order valence-electron chi connectivity index (χ0n) is 17.3. The highest BCUT2D eigenvalue weighted by molar-refractivity contribution is 6.12. The first-order valence-electron chi connectivity index (χ1n) is 9.66. The lowest BCUT2D eigenvalue weighted by molar-refractivity contribution is -0.121. The molecule has 0 atom stereocenters. The number of methoxy groups -OCH3 is 1. The first-order valence-corrected chi connectivity index (χ1v) is 9.66. The second-order valence-electron chi connectivity index (χ2n) is 7.79. The smallest absolute Gasteiger partial charge is 0.255 e. The van der Waals surface area contributed by atoms with E-state index in [1.165, 1.54) is 13.2 Å². The van der Waals surface area contributed by atoms with Gasteiger partial charge in [-0.2, -0.15) is 0 Å². The zero-order chi connectivity index (χ0) is 22.3. The molecule has 0 fully saturated rings. The molecule has 4 rings (SSSR count). The Morgan fingerprint density at radius 2 is 1.77 bits per heavy atom. The molecule has 31 heavy (non-hydrogen) atoms. The van der Waals surface area contributed by atoms with Crippen molar-refractivity contribution >= 4 is 28.9 Å². The third kappa shape index (κ3) is 3.38. The lowest BCUT2D eigenvalue weighted by Gasteiger charge is -2.21. The molecule has 2 amide bonds. The van der Waals surface area contributed by atoms with Crippen molar-refractivity contribution in [3.05, 3.63) is 77.6 Å². The summed E-state index contributed by atoms with van der Waals surface area (Å²) in [5.74, 6) is -2.32. The number of amides is 2. The summed E-state index contributed by atoms with van der Waals surface area (Å²) in [6, 6.07) is 16.7. The quantitative estimate of drug-likeness (QED) is 0.639. The summed E-state index contributed by atoms with van der Waals surface area (Å²) >= 11 is 0. The van der Waals surface area contributed by atoms with Gasteiger partial charge < -0.3 is 15.2 Å². The number of carbonyl (C=O) groups excluding carboxylic acids is 2. The van der Waals surface area contributed by atoms with Crippen molar-refractivity contribution in [3.8, 4) is 11.5 Å². The van der Waals surface area contributed by atoms with Crippen molar-refractivity contribution in [2.45, 2.75) is 19.3 Å². The van der Waals surface area contributed by atoms with Crippen LogP contribution in [0, 0.1) is 5.82 Å². The minimum absolute atomic E-state index is 0.00150. The molecule has 0 saturated carbocycles. The van der Waals surface area contributed by atoms with Gasteiger partial charge in [0.2, 0.25) is 5.91 Å². The van der Waals surface area contributed by atoms with Crippen molar-refractivity contribution in [1.29, 1.82) is 0 Å². The van der Waals surface area contributed by atoms with Crippen molar-refractivity contribution in [2.24, 2.45) is 0 Å². The summed E-state index contributed by atoms with van der Waals surface area (Å²) in [6.07, 6.45) is 0. The molecule has 158 valence electrons. The highest BCUT2D eigenvalue weighted by Gasteiger charge is 2.44. The van der Waals surface area contributed by atoms with E-state index in [4.69, 9.17) is 4.74 Å². The number of benzene rings is 3. The van der Waals surface area contributed by atoms with Gasteiger partial charge in [-0.05, 0) is 61.9 Å². The lowest BCUT2D eigenvalue weighted by Crippen LogP contribution is -2.33. The number of phenolic OH excluding ortho intramolecular Hbond substituents is 1. The molecular formula is C24H21FN2O4. The van der Waals surface area contributed by atoms with Crippen LogP contribution in [0.1, 0.15) is 29.8 Å². The average Bonchev–Trinajstić information content (AvgIpc) is 2.96. The molecule has 6 nitrogen and oxygen atoms in total. The number of nitrogens with one attached hydrogen (secondary N) is 1. The third-order valence-electron chi connectivity index (χ3n) is 5.45. The molecule has 1 aliphatic heterocycles. The molecule has 7 heteroatoms. The average molecular weight is 420 g/mol. The summed E-state index contributed by atoms with van der Waals surface area (Å²) in [5.41, 5.74) is 2.31. The summed E-state index contributed by atoms with van der Waals surface area (Å²) in [4.78, 5) is 27.2. The van der Waals surface area contributed by atoms with Gasteiger partial charge in [0.25, 0.3) is 5.91 Å². The first kappa shape index (κ1) is 20.4.